The Labute approximate surface area is 142 Å². The quantitative estimate of drug-likeness (QED) is 0.887. The van der Waals surface area contributed by atoms with E-state index < -0.39 is 0 Å². The molecule has 1 atom stereocenters. The summed E-state index contributed by atoms with van der Waals surface area (Å²) in [6, 6.07) is 9.73. The van der Waals surface area contributed by atoms with Crippen molar-refractivity contribution in [2.45, 2.75) is 31.7 Å². The molecule has 5 heteroatoms. The Kier molecular flexibility index (Phi) is 4.99. The summed E-state index contributed by atoms with van der Waals surface area (Å²) in [5.41, 5.74) is 3.31. The molecule has 0 aliphatic heterocycles. The van der Waals surface area contributed by atoms with E-state index in [9.17, 15) is 4.79 Å². The van der Waals surface area contributed by atoms with Gasteiger partial charge < -0.3 is 14.8 Å². The Morgan fingerprint density at radius 1 is 1.25 bits per heavy atom. The standard InChI is InChI=1S/C19H22N2O3/c1-23-17-9-13-6-7-14(16(13)11-18(17)24-2)10-19(22)21-12-15-5-3-4-8-20-15/h3-5,8-9,11,14H,6-7,10,12H2,1-2H3,(H,21,22). The van der Waals surface area contributed by atoms with Gasteiger partial charge in [0.25, 0.3) is 0 Å². The number of amides is 1. The van der Waals surface area contributed by atoms with Crippen LogP contribution in [0.15, 0.2) is 36.5 Å². The van der Waals surface area contributed by atoms with Crippen LogP contribution in [-0.2, 0) is 17.8 Å². The van der Waals surface area contributed by atoms with Crippen molar-refractivity contribution in [3.8, 4) is 11.5 Å². The van der Waals surface area contributed by atoms with Crippen molar-refractivity contribution in [1.82, 2.24) is 10.3 Å². The van der Waals surface area contributed by atoms with Gasteiger partial charge in [0, 0.05) is 12.6 Å². The fourth-order valence-electron chi connectivity index (χ4n) is 3.22. The predicted octanol–water partition coefficient (Wildman–Crippen LogP) is 2.84. The van der Waals surface area contributed by atoms with Crippen molar-refractivity contribution in [2.24, 2.45) is 0 Å². The first-order valence-corrected chi connectivity index (χ1v) is 8.12. The molecular formula is C19H22N2O3. The van der Waals surface area contributed by atoms with Gasteiger partial charge in [0.05, 0.1) is 26.5 Å². The van der Waals surface area contributed by atoms with Gasteiger partial charge in [-0.05, 0) is 54.2 Å². The highest BCUT2D eigenvalue weighted by Gasteiger charge is 2.26. The first kappa shape index (κ1) is 16.3. The fourth-order valence-corrected chi connectivity index (χ4v) is 3.22. The maximum absolute atomic E-state index is 12.3. The van der Waals surface area contributed by atoms with Gasteiger partial charge in [-0.25, -0.2) is 0 Å². The van der Waals surface area contributed by atoms with Crippen LogP contribution in [0.5, 0.6) is 11.5 Å². The number of aryl methyl sites for hydroxylation is 1. The normalized spacial score (nSPS) is 15.7. The third-order valence-electron chi connectivity index (χ3n) is 4.47. The average Bonchev–Trinajstić information content (AvgIpc) is 3.01. The SMILES string of the molecule is COc1cc2c(cc1OC)C(CC(=O)NCc1ccccn1)CC2. The average molecular weight is 326 g/mol. The van der Waals surface area contributed by atoms with Crippen molar-refractivity contribution in [2.75, 3.05) is 14.2 Å². The van der Waals surface area contributed by atoms with Crippen LogP contribution in [0.25, 0.3) is 0 Å². The highest BCUT2D eigenvalue weighted by Crippen LogP contribution is 2.41. The van der Waals surface area contributed by atoms with E-state index in [1.807, 2.05) is 30.3 Å². The second-order valence-electron chi connectivity index (χ2n) is 5.94. The van der Waals surface area contributed by atoms with Crippen molar-refractivity contribution >= 4 is 5.91 Å². The van der Waals surface area contributed by atoms with E-state index in [-0.39, 0.29) is 11.8 Å². The summed E-state index contributed by atoms with van der Waals surface area (Å²) in [4.78, 5) is 16.5. The molecule has 1 amide bonds. The summed E-state index contributed by atoms with van der Waals surface area (Å²) in [5, 5.41) is 2.95. The maximum Gasteiger partial charge on any atom is 0.220 e. The lowest BCUT2D eigenvalue weighted by molar-refractivity contribution is -0.121. The fraction of sp³-hybridized carbons (Fsp3) is 0.368. The van der Waals surface area contributed by atoms with Crippen LogP contribution >= 0.6 is 0 Å². The first-order valence-electron chi connectivity index (χ1n) is 8.12. The van der Waals surface area contributed by atoms with Crippen LogP contribution in [0.1, 0.15) is 35.6 Å². The summed E-state index contributed by atoms with van der Waals surface area (Å²) in [7, 11) is 3.27. The second-order valence-corrected chi connectivity index (χ2v) is 5.94. The number of carbonyl (C=O) groups excluding carboxylic acids is 1. The zero-order chi connectivity index (χ0) is 16.9. The van der Waals surface area contributed by atoms with Crippen LogP contribution < -0.4 is 14.8 Å². The van der Waals surface area contributed by atoms with E-state index in [4.69, 9.17) is 9.47 Å². The van der Waals surface area contributed by atoms with Crippen molar-refractivity contribution in [3.05, 3.63) is 53.3 Å². The Bertz CT molecular complexity index is 716. The van der Waals surface area contributed by atoms with Gasteiger partial charge in [-0.15, -0.1) is 0 Å². The summed E-state index contributed by atoms with van der Waals surface area (Å²) >= 11 is 0. The van der Waals surface area contributed by atoms with E-state index in [1.165, 1.54) is 11.1 Å². The van der Waals surface area contributed by atoms with Crippen LogP contribution in [0, 0.1) is 0 Å². The molecule has 3 rings (SSSR count). The van der Waals surface area contributed by atoms with Gasteiger partial charge in [0.1, 0.15) is 0 Å². The number of carbonyl (C=O) groups is 1. The number of ether oxygens (including phenoxy) is 2. The number of fused-ring (bicyclic) bond motifs is 1. The molecule has 126 valence electrons. The minimum atomic E-state index is 0.0493. The van der Waals surface area contributed by atoms with Gasteiger partial charge in [0.15, 0.2) is 11.5 Å². The second kappa shape index (κ2) is 7.34. The molecule has 0 spiro atoms. The lowest BCUT2D eigenvalue weighted by Gasteiger charge is -2.14. The Morgan fingerprint density at radius 2 is 2.04 bits per heavy atom. The van der Waals surface area contributed by atoms with Crippen molar-refractivity contribution in [3.63, 3.8) is 0 Å². The van der Waals surface area contributed by atoms with Gasteiger partial charge in [0.2, 0.25) is 5.91 Å². The Hall–Kier alpha value is -2.56. The number of pyridine rings is 1. The molecular weight excluding hydrogens is 304 g/mol. The van der Waals surface area contributed by atoms with Crippen molar-refractivity contribution < 1.29 is 14.3 Å². The summed E-state index contributed by atoms with van der Waals surface area (Å²) < 4.78 is 10.7. The number of benzene rings is 1. The topological polar surface area (TPSA) is 60.5 Å². The molecule has 24 heavy (non-hydrogen) atoms. The molecule has 2 aromatic rings. The molecule has 1 aliphatic carbocycles. The number of nitrogens with one attached hydrogen (secondary N) is 1. The largest absolute Gasteiger partial charge is 0.493 e. The number of hydrogen-bond donors (Lipinski definition) is 1. The monoisotopic (exact) mass is 326 g/mol. The molecule has 0 bridgehead atoms. The minimum Gasteiger partial charge on any atom is -0.493 e. The summed E-state index contributed by atoms with van der Waals surface area (Å²) in [6.45, 7) is 0.463. The third kappa shape index (κ3) is 3.50. The molecule has 0 radical (unpaired) electrons. The molecule has 1 aliphatic rings. The molecule has 0 saturated heterocycles. The molecule has 1 N–H and O–H groups in total. The molecule has 0 fully saturated rings. The Morgan fingerprint density at radius 3 is 2.75 bits per heavy atom. The van der Waals surface area contributed by atoms with E-state index in [2.05, 4.69) is 10.3 Å². The van der Waals surface area contributed by atoms with E-state index in [1.54, 1.807) is 20.4 Å². The lowest BCUT2D eigenvalue weighted by atomic mass is 9.97. The maximum atomic E-state index is 12.3. The smallest absolute Gasteiger partial charge is 0.220 e. The van der Waals surface area contributed by atoms with Crippen LogP contribution in [0.4, 0.5) is 0 Å². The van der Waals surface area contributed by atoms with E-state index >= 15 is 0 Å². The molecule has 0 saturated carbocycles. The number of hydrogen-bond acceptors (Lipinski definition) is 4. The van der Waals surface area contributed by atoms with Crippen LogP contribution in [0.2, 0.25) is 0 Å². The lowest BCUT2D eigenvalue weighted by Crippen LogP contribution is -2.24. The number of rotatable bonds is 6. The first-order chi connectivity index (χ1) is 11.7. The highest BCUT2D eigenvalue weighted by atomic mass is 16.5. The zero-order valence-electron chi connectivity index (χ0n) is 14.0. The Balaban J connectivity index is 1.64. The van der Waals surface area contributed by atoms with Crippen molar-refractivity contribution in [1.29, 1.82) is 0 Å². The molecule has 1 aromatic heterocycles. The third-order valence-corrected chi connectivity index (χ3v) is 4.47. The number of nitrogens with zero attached hydrogens (tertiary/aromatic N) is 1. The number of aromatic nitrogens is 1. The van der Waals surface area contributed by atoms with Gasteiger partial charge in [-0.2, -0.15) is 0 Å². The molecule has 5 nitrogen and oxygen atoms in total. The van der Waals surface area contributed by atoms with Gasteiger partial charge >= 0.3 is 0 Å². The highest BCUT2D eigenvalue weighted by molar-refractivity contribution is 5.77. The number of methoxy groups -OCH3 is 2. The summed E-state index contributed by atoms with van der Waals surface area (Å²) in [5.74, 6) is 1.74. The van der Waals surface area contributed by atoms with E-state index in [0.29, 0.717) is 13.0 Å². The molecule has 1 aromatic carbocycles. The molecule has 1 heterocycles. The minimum absolute atomic E-state index is 0.0493. The van der Waals surface area contributed by atoms with Gasteiger partial charge in [-0.3, -0.25) is 9.78 Å². The zero-order valence-corrected chi connectivity index (χ0v) is 14.0. The summed E-state index contributed by atoms with van der Waals surface area (Å²) in [6.07, 6.45) is 4.15. The van der Waals surface area contributed by atoms with Crippen LogP contribution in [0.3, 0.4) is 0 Å². The van der Waals surface area contributed by atoms with Gasteiger partial charge in [-0.1, -0.05) is 6.07 Å². The molecule has 1 unspecified atom stereocenters. The predicted molar refractivity (Wildman–Crippen MR) is 91.3 cm³/mol. The van der Waals surface area contributed by atoms with Crippen LogP contribution in [-0.4, -0.2) is 25.1 Å². The van der Waals surface area contributed by atoms with E-state index in [0.717, 1.165) is 30.0 Å².